The van der Waals surface area contributed by atoms with Crippen molar-refractivity contribution in [2.75, 3.05) is 24.7 Å². The number of hydrogen-bond acceptors (Lipinski definition) is 6. The lowest BCUT2D eigenvalue weighted by atomic mass is 9.92. The van der Waals surface area contributed by atoms with E-state index >= 15 is 0 Å². The standard InChI is InChI=1S/C21H28N6O2S/c1-30(28,29)26-10-8-15(9-11-26)23-21-22-12-14-4-7-17-18(19(14)24-21)20(13-2-3-13)27(25-17)16-5-6-16/h12-13,15-16H,2-11H2,1H3,(H,22,23,24). The molecule has 2 aromatic rings. The molecule has 30 heavy (non-hydrogen) atoms. The van der Waals surface area contributed by atoms with Crippen molar-refractivity contribution in [1.29, 1.82) is 0 Å². The van der Waals surface area contributed by atoms with Gasteiger partial charge in [0.1, 0.15) is 0 Å². The number of nitrogens with zero attached hydrogens (tertiary/aromatic N) is 5. The summed E-state index contributed by atoms with van der Waals surface area (Å²) in [4.78, 5) is 9.56. The predicted molar refractivity (Wildman–Crippen MR) is 114 cm³/mol. The molecule has 3 fully saturated rings. The Kier molecular flexibility index (Phi) is 4.22. The summed E-state index contributed by atoms with van der Waals surface area (Å²) in [6.45, 7) is 1.09. The monoisotopic (exact) mass is 428 g/mol. The molecule has 1 N–H and O–H groups in total. The lowest BCUT2D eigenvalue weighted by molar-refractivity contribution is 0.331. The highest BCUT2D eigenvalue weighted by Crippen LogP contribution is 2.50. The van der Waals surface area contributed by atoms with Crippen molar-refractivity contribution < 1.29 is 8.42 Å². The van der Waals surface area contributed by atoms with Crippen molar-refractivity contribution in [3.63, 3.8) is 0 Å². The molecule has 1 aliphatic heterocycles. The third-order valence-corrected chi connectivity index (χ3v) is 8.17. The highest BCUT2D eigenvalue weighted by Gasteiger charge is 2.39. The van der Waals surface area contributed by atoms with Crippen molar-refractivity contribution in [3.05, 3.63) is 23.1 Å². The summed E-state index contributed by atoms with van der Waals surface area (Å²) in [7, 11) is -3.11. The maximum atomic E-state index is 11.7. The number of anilines is 1. The molecule has 1 saturated heterocycles. The van der Waals surface area contributed by atoms with E-state index in [1.807, 2.05) is 6.20 Å². The van der Waals surface area contributed by atoms with Crippen molar-refractivity contribution in [2.24, 2.45) is 0 Å². The molecule has 0 unspecified atom stereocenters. The summed E-state index contributed by atoms with van der Waals surface area (Å²) in [5.41, 5.74) is 6.19. The fourth-order valence-electron chi connectivity index (χ4n) is 4.92. The molecule has 0 amide bonds. The zero-order valence-corrected chi connectivity index (χ0v) is 18.2. The van der Waals surface area contributed by atoms with Crippen LogP contribution in [0.2, 0.25) is 0 Å². The minimum absolute atomic E-state index is 0.196. The Labute approximate surface area is 177 Å². The Hall–Kier alpha value is -2.00. The molecule has 3 aliphatic carbocycles. The molecule has 0 spiro atoms. The number of nitrogens with one attached hydrogen (secondary N) is 1. The van der Waals surface area contributed by atoms with Gasteiger partial charge >= 0.3 is 0 Å². The number of aryl methyl sites for hydroxylation is 2. The van der Waals surface area contributed by atoms with Gasteiger partial charge in [0, 0.05) is 36.8 Å². The van der Waals surface area contributed by atoms with Crippen molar-refractivity contribution in [1.82, 2.24) is 24.1 Å². The summed E-state index contributed by atoms with van der Waals surface area (Å²) < 4.78 is 27.4. The van der Waals surface area contributed by atoms with Crippen LogP contribution in [0.5, 0.6) is 0 Å². The number of fused-ring (bicyclic) bond motifs is 3. The molecule has 3 heterocycles. The van der Waals surface area contributed by atoms with Crippen molar-refractivity contribution in [3.8, 4) is 11.3 Å². The minimum atomic E-state index is -3.11. The van der Waals surface area contributed by atoms with Gasteiger partial charge in [0.2, 0.25) is 16.0 Å². The van der Waals surface area contributed by atoms with Crippen LogP contribution >= 0.6 is 0 Å². The van der Waals surface area contributed by atoms with Gasteiger partial charge < -0.3 is 5.32 Å². The second-order valence-electron chi connectivity index (χ2n) is 9.31. The van der Waals surface area contributed by atoms with Gasteiger partial charge in [-0.2, -0.15) is 5.10 Å². The normalized spacial score (nSPS) is 22.6. The molecule has 6 rings (SSSR count). The van der Waals surface area contributed by atoms with Gasteiger partial charge in [-0.05, 0) is 56.9 Å². The third-order valence-electron chi connectivity index (χ3n) is 6.87. The fourth-order valence-corrected chi connectivity index (χ4v) is 5.79. The third kappa shape index (κ3) is 3.32. The quantitative estimate of drug-likeness (QED) is 0.787. The SMILES string of the molecule is CS(=O)(=O)N1CCC(Nc2ncc3c(n2)-c2c(nn(C4CC4)c2C2CC2)CC3)CC1. The number of hydrogen-bond donors (Lipinski definition) is 1. The maximum Gasteiger partial charge on any atom is 0.223 e. The Bertz CT molecular complexity index is 1090. The van der Waals surface area contributed by atoms with Crippen LogP contribution in [0.1, 0.15) is 67.4 Å². The molecule has 160 valence electrons. The van der Waals surface area contributed by atoms with E-state index in [1.54, 1.807) is 4.31 Å². The molecule has 2 aromatic heterocycles. The first kappa shape index (κ1) is 18.7. The van der Waals surface area contributed by atoms with E-state index < -0.39 is 10.0 Å². The van der Waals surface area contributed by atoms with Gasteiger partial charge in [-0.15, -0.1) is 0 Å². The largest absolute Gasteiger partial charge is 0.351 e. The van der Waals surface area contributed by atoms with Crippen LogP contribution in [-0.2, 0) is 22.9 Å². The van der Waals surface area contributed by atoms with Crippen LogP contribution < -0.4 is 5.32 Å². The summed E-state index contributed by atoms with van der Waals surface area (Å²) >= 11 is 0. The van der Waals surface area contributed by atoms with Crippen molar-refractivity contribution in [2.45, 2.75) is 69.4 Å². The highest BCUT2D eigenvalue weighted by atomic mass is 32.2. The second kappa shape index (κ2) is 6.75. The molecular weight excluding hydrogens is 400 g/mol. The molecule has 9 heteroatoms. The fraction of sp³-hybridized carbons (Fsp3) is 0.667. The average Bonchev–Trinajstić information content (AvgIpc) is 3.65. The molecule has 4 aliphatic rings. The summed E-state index contributed by atoms with van der Waals surface area (Å²) in [5, 5.41) is 8.49. The van der Waals surface area contributed by atoms with Gasteiger partial charge in [0.05, 0.1) is 29.4 Å². The zero-order chi connectivity index (χ0) is 20.5. The molecule has 0 atom stereocenters. The topological polar surface area (TPSA) is 93.0 Å². The van der Waals surface area contributed by atoms with E-state index in [1.165, 1.54) is 54.5 Å². The number of rotatable bonds is 5. The van der Waals surface area contributed by atoms with Crippen LogP contribution in [0.15, 0.2) is 6.20 Å². The zero-order valence-electron chi connectivity index (χ0n) is 17.3. The lowest BCUT2D eigenvalue weighted by Gasteiger charge is -2.30. The van der Waals surface area contributed by atoms with Crippen LogP contribution in [0.3, 0.4) is 0 Å². The Balaban J connectivity index is 1.28. The van der Waals surface area contributed by atoms with E-state index in [0.717, 1.165) is 31.4 Å². The molecule has 0 aromatic carbocycles. The lowest BCUT2D eigenvalue weighted by Crippen LogP contribution is -2.42. The molecule has 0 bridgehead atoms. The number of sulfonamides is 1. The maximum absolute atomic E-state index is 11.7. The van der Waals surface area contributed by atoms with E-state index in [9.17, 15) is 8.42 Å². The molecule has 8 nitrogen and oxygen atoms in total. The van der Waals surface area contributed by atoms with Crippen molar-refractivity contribution >= 4 is 16.0 Å². The van der Waals surface area contributed by atoms with Crippen LogP contribution in [-0.4, -0.2) is 57.9 Å². The van der Waals surface area contributed by atoms with Crippen LogP contribution in [0, 0.1) is 0 Å². The predicted octanol–water partition coefficient (Wildman–Crippen LogP) is 2.49. The van der Waals surface area contributed by atoms with Gasteiger partial charge in [0.25, 0.3) is 0 Å². The minimum Gasteiger partial charge on any atom is -0.351 e. The summed E-state index contributed by atoms with van der Waals surface area (Å²) in [6, 6.07) is 0.787. The highest BCUT2D eigenvalue weighted by molar-refractivity contribution is 7.88. The number of piperidine rings is 1. The van der Waals surface area contributed by atoms with E-state index in [4.69, 9.17) is 10.1 Å². The molecule has 2 saturated carbocycles. The first-order valence-corrected chi connectivity index (χ1v) is 13.0. The Morgan fingerprint density at radius 3 is 2.50 bits per heavy atom. The smallest absolute Gasteiger partial charge is 0.223 e. The Morgan fingerprint density at radius 2 is 1.83 bits per heavy atom. The van der Waals surface area contributed by atoms with Crippen LogP contribution in [0.4, 0.5) is 5.95 Å². The van der Waals surface area contributed by atoms with Crippen LogP contribution in [0.25, 0.3) is 11.3 Å². The molecule has 0 radical (unpaired) electrons. The first-order valence-electron chi connectivity index (χ1n) is 11.2. The van der Waals surface area contributed by atoms with E-state index in [-0.39, 0.29) is 6.04 Å². The summed E-state index contributed by atoms with van der Waals surface area (Å²) in [5.74, 6) is 1.29. The van der Waals surface area contributed by atoms with Gasteiger partial charge in [-0.25, -0.2) is 22.7 Å². The average molecular weight is 429 g/mol. The Morgan fingerprint density at radius 1 is 1.07 bits per heavy atom. The summed E-state index contributed by atoms with van der Waals surface area (Å²) in [6.07, 6.45) is 11.7. The van der Waals surface area contributed by atoms with Gasteiger partial charge in [-0.1, -0.05) is 0 Å². The van der Waals surface area contributed by atoms with Gasteiger partial charge in [-0.3, -0.25) is 4.68 Å². The number of aromatic nitrogens is 4. The first-order chi connectivity index (χ1) is 14.5. The second-order valence-corrected chi connectivity index (χ2v) is 11.3. The van der Waals surface area contributed by atoms with E-state index in [2.05, 4.69) is 15.0 Å². The van der Waals surface area contributed by atoms with E-state index in [0.29, 0.717) is 31.0 Å². The van der Waals surface area contributed by atoms with Gasteiger partial charge in [0.15, 0.2) is 0 Å². The molecular formula is C21H28N6O2S.